The number of amides is 2. The summed E-state index contributed by atoms with van der Waals surface area (Å²) in [5.74, 6) is -0.149. The Labute approximate surface area is 895 Å². The molecule has 18 aromatic rings. The van der Waals surface area contributed by atoms with Crippen LogP contribution in [0.3, 0.4) is 0 Å². The van der Waals surface area contributed by atoms with Crippen LogP contribution in [0, 0.1) is 125 Å². The maximum absolute atomic E-state index is 12.3. The summed E-state index contributed by atoms with van der Waals surface area (Å²) in [5.41, 5.74) is 29.8. The standard InChI is InChI=1S/2C16H20Si.2C15H15NO.3C15H16O.2C14H14O2S/c1-13-7-5-9-15(11-13)17(3,4)16-10-6-8-14(2)12-16;1-13-8-10-15(11-9-13)17(3,4)16-7-5-6-14(2)12-16;1-11-3-7-13(8-4-11)15(17)16-14-9-5-12(2)6-10-14;1-11-6-8-13(9-7-11)15(17)16-14-5-3-4-12(2)10-14;1-11-3-7-13(8-4-11)15(16)14-9-5-12(2)6-10-14;1-11-5-3-7-13(9-11)15(16)14-8-4-6-12(2)10-14;1-11-6-8-13(9-7-11)15(16)14-5-3-4-12(2)10-14;1-11-3-7-13(8-4-11)17(15,16)14-9-5-12(2)6-10-14;1-11-5-3-7-13(9-11)17(15,16)14-8-4-6-12(2)10-14/h2*5-12H,1-4H3;2*3-10H,1-2H3,(H,16,17);3*3-10,15-16H,1-2H3;2*3-10H,1-2H3. The first-order chi connectivity index (χ1) is 71.3. The van der Waals surface area contributed by atoms with Gasteiger partial charge in [-0.1, -0.05) is 470 Å². The number of carbonyl (C=O) groups excluding carboxylic acids is 2. The number of anilines is 2. The molecule has 770 valence electrons. The van der Waals surface area contributed by atoms with Gasteiger partial charge in [0.25, 0.3) is 11.8 Å². The van der Waals surface area contributed by atoms with Gasteiger partial charge in [0.05, 0.1) is 19.6 Å². The fraction of sp³-hybridized carbons (Fsp3) is 0.185. The molecule has 0 radical (unpaired) electrons. The molecule has 0 aromatic heterocycles. The number of sulfone groups is 2. The Balaban J connectivity index is 0.000000172. The van der Waals surface area contributed by atoms with Crippen LogP contribution in [0.4, 0.5) is 11.4 Å². The topological polar surface area (TPSA) is 187 Å². The van der Waals surface area contributed by atoms with E-state index in [1.54, 1.807) is 84.9 Å². The number of rotatable bonds is 18. The number of aliphatic hydroxyl groups is 3. The lowest BCUT2D eigenvalue weighted by atomic mass is 9.99. The van der Waals surface area contributed by atoms with E-state index in [0.717, 1.165) is 83.7 Å². The molecule has 5 N–H and O–H groups in total. The van der Waals surface area contributed by atoms with Crippen molar-refractivity contribution in [2.45, 2.75) is 189 Å². The molecular formula is C135H146N2O9S2Si2. The van der Waals surface area contributed by atoms with Gasteiger partial charge < -0.3 is 26.0 Å². The smallest absolute Gasteiger partial charge is 0.255 e. The summed E-state index contributed by atoms with van der Waals surface area (Å²) >= 11 is 0. The Bertz CT molecular complexity index is 7410. The van der Waals surface area contributed by atoms with Gasteiger partial charge in [0.2, 0.25) is 19.7 Å². The third kappa shape index (κ3) is 36.3. The molecular weight excluding hydrogens is 1910 g/mol. The van der Waals surface area contributed by atoms with E-state index in [9.17, 15) is 41.7 Å². The van der Waals surface area contributed by atoms with Crippen LogP contribution in [0.5, 0.6) is 0 Å². The second-order valence-corrected chi connectivity index (χ2v) is 52.8. The largest absolute Gasteiger partial charge is 0.384 e. The van der Waals surface area contributed by atoms with Crippen LogP contribution in [0.1, 0.15) is 173 Å². The van der Waals surface area contributed by atoms with Crippen LogP contribution in [-0.2, 0) is 19.7 Å². The minimum atomic E-state index is -3.38. The number of aliphatic hydroxyl groups excluding tert-OH is 3. The van der Waals surface area contributed by atoms with Crippen molar-refractivity contribution in [3.8, 4) is 0 Å². The molecule has 15 heteroatoms. The molecule has 1 unspecified atom stereocenters. The summed E-state index contributed by atoms with van der Waals surface area (Å²) in [5, 5.41) is 42.4. The van der Waals surface area contributed by atoms with Crippen molar-refractivity contribution in [2.24, 2.45) is 0 Å². The summed E-state index contributed by atoms with van der Waals surface area (Å²) in [6, 6.07) is 142. The first-order valence-corrected chi connectivity index (χ1v) is 59.6. The van der Waals surface area contributed by atoms with Crippen LogP contribution < -0.4 is 31.4 Å². The second-order valence-electron chi connectivity index (χ2n) is 40.0. The van der Waals surface area contributed by atoms with Gasteiger partial charge in [-0.3, -0.25) is 9.59 Å². The molecule has 0 aliphatic carbocycles. The van der Waals surface area contributed by atoms with Gasteiger partial charge in [-0.25, -0.2) is 16.8 Å². The van der Waals surface area contributed by atoms with E-state index in [0.29, 0.717) is 30.7 Å². The highest BCUT2D eigenvalue weighted by molar-refractivity contribution is 7.91. The van der Waals surface area contributed by atoms with E-state index in [4.69, 9.17) is 0 Å². The highest BCUT2D eigenvalue weighted by atomic mass is 32.2. The fourth-order valence-electron chi connectivity index (χ4n) is 16.2. The molecule has 150 heavy (non-hydrogen) atoms. The number of benzene rings is 18. The Morgan fingerprint density at radius 1 is 0.193 bits per heavy atom. The molecule has 0 spiro atoms. The summed E-state index contributed by atoms with van der Waals surface area (Å²) in [7, 11) is -9.78. The van der Waals surface area contributed by atoms with Gasteiger partial charge >= 0.3 is 0 Å². The zero-order valence-corrected chi connectivity index (χ0v) is 94.5. The summed E-state index contributed by atoms with van der Waals surface area (Å²) < 4.78 is 49.2. The average molecular weight is 2060 g/mol. The quantitative estimate of drug-likeness (QED) is 0.0521. The maximum Gasteiger partial charge on any atom is 0.255 e. The van der Waals surface area contributed by atoms with Crippen molar-refractivity contribution in [1.29, 1.82) is 0 Å². The van der Waals surface area contributed by atoms with Crippen LogP contribution in [0.15, 0.2) is 456 Å². The first kappa shape index (κ1) is 117. The number of carbonyl (C=O) groups is 2. The van der Waals surface area contributed by atoms with Crippen LogP contribution in [0.2, 0.25) is 26.2 Å². The maximum atomic E-state index is 12.3. The van der Waals surface area contributed by atoms with E-state index in [1.807, 2.05) is 352 Å². The molecule has 0 aliphatic rings. The van der Waals surface area contributed by atoms with Crippen LogP contribution in [0.25, 0.3) is 0 Å². The third-order valence-corrected chi connectivity index (χ3v) is 36.3. The Morgan fingerprint density at radius 3 is 0.693 bits per heavy atom. The highest BCUT2D eigenvalue weighted by Gasteiger charge is 2.28. The molecule has 18 aromatic carbocycles. The van der Waals surface area contributed by atoms with Gasteiger partial charge in [0, 0.05) is 22.5 Å². The summed E-state index contributed by atoms with van der Waals surface area (Å²) in [6.07, 6.45) is -1.58. The zero-order chi connectivity index (χ0) is 109. The third-order valence-electron chi connectivity index (χ3n) is 25.7. The normalized spacial score (nSPS) is 11.1. The van der Waals surface area contributed by atoms with Crippen LogP contribution >= 0.6 is 0 Å². The fourth-order valence-corrected chi connectivity index (χ4v) is 23.9. The van der Waals surface area contributed by atoms with Gasteiger partial charge in [-0.15, -0.1) is 0 Å². The van der Waals surface area contributed by atoms with Crippen molar-refractivity contribution in [2.75, 3.05) is 10.6 Å². The molecule has 0 bridgehead atoms. The Morgan fingerprint density at radius 2 is 0.407 bits per heavy atom. The number of hydrogen-bond donors (Lipinski definition) is 5. The van der Waals surface area contributed by atoms with E-state index >= 15 is 0 Å². The van der Waals surface area contributed by atoms with Gasteiger partial charge in [0.1, 0.15) is 34.5 Å². The number of aryl methyl sites for hydroxylation is 18. The monoisotopic (exact) mass is 2060 g/mol. The van der Waals surface area contributed by atoms with E-state index in [-0.39, 0.29) is 11.8 Å². The predicted octanol–water partition coefficient (Wildman–Crippen LogP) is 29.8. The first-order valence-electron chi connectivity index (χ1n) is 50.7. The molecule has 0 saturated heterocycles. The predicted molar refractivity (Wildman–Crippen MR) is 634 cm³/mol. The molecule has 18 rings (SSSR count). The van der Waals surface area contributed by atoms with Crippen molar-refractivity contribution in [1.82, 2.24) is 0 Å². The SMILES string of the molecule is Cc1ccc(C(=O)Nc2cccc(C)c2)cc1.Cc1ccc(C(O)c2ccc(C)cc2)cc1.Cc1ccc(C(O)c2cccc(C)c2)cc1.Cc1ccc(NC(=O)c2ccc(C)cc2)cc1.Cc1ccc(S(=O)(=O)c2ccc(C)cc2)cc1.Cc1ccc([Si](C)(C)c2cccc(C)c2)cc1.Cc1cccc(C(O)c2cccc(C)c2)c1.Cc1cccc(S(=O)(=O)c2cccc(C)c2)c1.Cc1cccc([Si](C)(C)c2cccc(C)c2)c1. The second kappa shape index (κ2) is 55.9. The summed E-state index contributed by atoms with van der Waals surface area (Å²) in [4.78, 5) is 25.2. The van der Waals surface area contributed by atoms with E-state index in [1.165, 1.54) is 81.9 Å². The molecule has 2 amide bonds. The van der Waals surface area contributed by atoms with Crippen molar-refractivity contribution in [3.05, 3.63) is 581 Å². The highest BCUT2D eigenvalue weighted by Crippen LogP contribution is 2.30. The molecule has 0 heterocycles. The van der Waals surface area contributed by atoms with E-state index in [2.05, 4.69) is 162 Å². The Hall–Kier alpha value is -14.9. The number of nitrogens with one attached hydrogen (secondary N) is 2. The van der Waals surface area contributed by atoms with Gasteiger partial charge in [0.15, 0.2) is 0 Å². The molecule has 0 aliphatic heterocycles. The minimum Gasteiger partial charge on any atom is -0.384 e. The van der Waals surface area contributed by atoms with Crippen LogP contribution in [-0.4, -0.2) is 60.1 Å². The van der Waals surface area contributed by atoms with E-state index < -0.39 is 54.1 Å². The lowest BCUT2D eigenvalue weighted by Crippen LogP contribution is -2.52. The number of hydrogen-bond acceptors (Lipinski definition) is 9. The van der Waals surface area contributed by atoms with Gasteiger partial charge in [-0.2, -0.15) is 0 Å². The van der Waals surface area contributed by atoms with Gasteiger partial charge in [-0.05, 0) is 272 Å². The molecule has 11 nitrogen and oxygen atoms in total. The zero-order valence-electron chi connectivity index (χ0n) is 90.9. The minimum absolute atomic E-state index is 0.0735. The molecule has 0 saturated carbocycles. The average Bonchev–Trinajstić information content (AvgIpc) is 0.905. The summed E-state index contributed by atoms with van der Waals surface area (Å²) in [6.45, 7) is 46.2. The molecule has 0 fully saturated rings. The van der Waals surface area contributed by atoms with Crippen molar-refractivity contribution >= 4 is 79.8 Å². The van der Waals surface area contributed by atoms with Crippen molar-refractivity contribution < 1.29 is 41.7 Å². The lowest BCUT2D eigenvalue weighted by molar-refractivity contribution is 0.101. The Kier molecular flexibility index (Phi) is 43.6. The lowest BCUT2D eigenvalue weighted by Gasteiger charge is -2.24. The molecule has 1 atom stereocenters. The van der Waals surface area contributed by atoms with Crippen molar-refractivity contribution in [3.63, 3.8) is 0 Å².